The van der Waals surface area contributed by atoms with Crippen molar-refractivity contribution in [3.63, 3.8) is 0 Å². The molecule has 2 heterocycles. The molecule has 0 aromatic carbocycles. The zero-order chi connectivity index (χ0) is 13.0. The number of sulfonamides is 1. The smallest absolute Gasteiger partial charge is 0.211 e. The van der Waals surface area contributed by atoms with Crippen LogP contribution in [0.1, 0.15) is 25.7 Å². The first kappa shape index (κ1) is 14.2. The largest absolute Gasteiger partial charge is 0.377 e. The monoisotopic (exact) mass is 276 g/mol. The molecule has 2 saturated heterocycles. The second kappa shape index (κ2) is 6.32. The number of ether oxygens (including phenoxy) is 1. The molecule has 0 aromatic rings. The van der Waals surface area contributed by atoms with Crippen LogP contribution in [0, 0.1) is 5.92 Å². The molecule has 0 spiro atoms. The van der Waals surface area contributed by atoms with E-state index in [0.29, 0.717) is 31.7 Å². The van der Waals surface area contributed by atoms with E-state index in [4.69, 9.17) is 4.74 Å². The predicted octanol–water partition coefficient (Wildman–Crippen LogP) is 0.427. The Balaban J connectivity index is 1.75. The minimum Gasteiger partial charge on any atom is -0.377 e. The van der Waals surface area contributed by atoms with Crippen molar-refractivity contribution in [2.24, 2.45) is 5.92 Å². The van der Waals surface area contributed by atoms with E-state index in [1.165, 1.54) is 12.7 Å². The molecule has 106 valence electrons. The van der Waals surface area contributed by atoms with E-state index in [2.05, 4.69) is 5.32 Å². The number of rotatable bonds is 4. The number of hydrogen-bond donors (Lipinski definition) is 1. The quantitative estimate of drug-likeness (QED) is 0.809. The van der Waals surface area contributed by atoms with Gasteiger partial charge < -0.3 is 10.1 Å². The highest BCUT2D eigenvalue weighted by Gasteiger charge is 2.26. The van der Waals surface area contributed by atoms with Crippen molar-refractivity contribution in [1.29, 1.82) is 0 Å². The molecule has 1 unspecified atom stereocenters. The van der Waals surface area contributed by atoms with Crippen molar-refractivity contribution in [2.45, 2.75) is 31.8 Å². The Bertz CT molecular complexity index is 352. The van der Waals surface area contributed by atoms with Gasteiger partial charge >= 0.3 is 0 Å². The standard InChI is InChI=1S/C12H24N2O3S/c1-18(15,16)14-7-3-4-11(9-14)10-17-12-5-2-6-13-8-12/h11-13H,2-10H2,1H3/t11?,12-/m0/s1. The van der Waals surface area contributed by atoms with E-state index in [1.54, 1.807) is 4.31 Å². The Morgan fingerprint density at radius 3 is 2.83 bits per heavy atom. The maximum atomic E-state index is 11.5. The molecule has 5 nitrogen and oxygen atoms in total. The topological polar surface area (TPSA) is 58.6 Å². The van der Waals surface area contributed by atoms with Crippen molar-refractivity contribution in [3.8, 4) is 0 Å². The normalized spacial score (nSPS) is 31.4. The van der Waals surface area contributed by atoms with Crippen LogP contribution in [0.4, 0.5) is 0 Å². The van der Waals surface area contributed by atoms with Crippen molar-refractivity contribution < 1.29 is 13.2 Å². The number of hydrogen-bond acceptors (Lipinski definition) is 4. The summed E-state index contributed by atoms with van der Waals surface area (Å²) in [4.78, 5) is 0. The maximum Gasteiger partial charge on any atom is 0.211 e. The van der Waals surface area contributed by atoms with Crippen LogP contribution >= 0.6 is 0 Å². The molecule has 0 radical (unpaired) electrons. The van der Waals surface area contributed by atoms with Gasteiger partial charge in [0.1, 0.15) is 0 Å². The van der Waals surface area contributed by atoms with E-state index in [1.807, 2.05) is 0 Å². The van der Waals surface area contributed by atoms with Gasteiger partial charge in [0.2, 0.25) is 10.0 Å². The molecule has 0 saturated carbocycles. The highest BCUT2D eigenvalue weighted by atomic mass is 32.2. The van der Waals surface area contributed by atoms with E-state index in [9.17, 15) is 8.42 Å². The van der Waals surface area contributed by atoms with Gasteiger partial charge in [-0.25, -0.2) is 12.7 Å². The fraction of sp³-hybridized carbons (Fsp3) is 1.00. The summed E-state index contributed by atoms with van der Waals surface area (Å²) in [6.45, 7) is 4.01. The third kappa shape index (κ3) is 4.19. The molecule has 2 aliphatic heterocycles. The van der Waals surface area contributed by atoms with Gasteiger partial charge in [-0.05, 0) is 38.1 Å². The van der Waals surface area contributed by atoms with Crippen LogP contribution in [-0.4, -0.2) is 57.9 Å². The van der Waals surface area contributed by atoms with E-state index < -0.39 is 10.0 Å². The summed E-state index contributed by atoms with van der Waals surface area (Å²) in [5.41, 5.74) is 0. The van der Waals surface area contributed by atoms with Crippen LogP contribution in [0.3, 0.4) is 0 Å². The minimum absolute atomic E-state index is 0.312. The molecule has 2 aliphatic rings. The molecule has 0 bridgehead atoms. The summed E-state index contributed by atoms with van der Waals surface area (Å²) < 4.78 is 30.5. The molecule has 0 amide bonds. The first-order valence-electron chi connectivity index (χ1n) is 6.83. The first-order valence-corrected chi connectivity index (χ1v) is 8.68. The number of nitrogens with one attached hydrogen (secondary N) is 1. The van der Waals surface area contributed by atoms with Crippen molar-refractivity contribution >= 4 is 10.0 Å². The Kier molecular flexibility index (Phi) is 5.00. The van der Waals surface area contributed by atoms with E-state index in [0.717, 1.165) is 32.4 Å². The fourth-order valence-corrected chi connectivity index (χ4v) is 3.64. The third-order valence-electron chi connectivity index (χ3n) is 3.77. The minimum atomic E-state index is -3.04. The molecule has 18 heavy (non-hydrogen) atoms. The summed E-state index contributed by atoms with van der Waals surface area (Å²) in [5, 5.41) is 3.32. The Labute approximate surface area is 110 Å². The van der Waals surface area contributed by atoms with Gasteiger partial charge in [-0.1, -0.05) is 0 Å². The van der Waals surface area contributed by atoms with Gasteiger partial charge in [0, 0.05) is 19.6 Å². The summed E-state index contributed by atoms with van der Waals surface area (Å²) in [5.74, 6) is 0.357. The summed E-state index contributed by atoms with van der Waals surface area (Å²) in [7, 11) is -3.04. The second-order valence-corrected chi connectivity index (χ2v) is 7.41. The van der Waals surface area contributed by atoms with Crippen molar-refractivity contribution in [3.05, 3.63) is 0 Å². The highest BCUT2D eigenvalue weighted by molar-refractivity contribution is 7.88. The van der Waals surface area contributed by atoms with Gasteiger partial charge in [0.15, 0.2) is 0 Å². The lowest BCUT2D eigenvalue weighted by atomic mass is 10.0. The lowest BCUT2D eigenvalue weighted by Gasteiger charge is -2.32. The van der Waals surface area contributed by atoms with Crippen LogP contribution in [0.2, 0.25) is 0 Å². The molecule has 2 atom stereocenters. The molecule has 0 aromatic heterocycles. The van der Waals surface area contributed by atoms with Gasteiger partial charge in [-0.3, -0.25) is 0 Å². The average molecular weight is 276 g/mol. The number of piperidine rings is 2. The molecule has 2 rings (SSSR count). The van der Waals surface area contributed by atoms with Gasteiger partial charge in [-0.2, -0.15) is 0 Å². The molecule has 0 aliphatic carbocycles. The maximum absolute atomic E-state index is 11.5. The Morgan fingerprint density at radius 1 is 1.33 bits per heavy atom. The van der Waals surface area contributed by atoms with Gasteiger partial charge in [-0.15, -0.1) is 0 Å². The van der Waals surface area contributed by atoms with Crippen molar-refractivity contribution in [1.82, 2.24) is 9.62 Å². The predicted molar refractivity (Wildman–Crippen MR) is 71.0 cm³/mol. The zero-order valence-electron chi connectivity index (χ0n) is 11.1. The fourth-order valence-electron chi connectivity index (χ4n) is 2.70. The molecule has 6 heteroatoms. The summed E-state index contributed by atoms with van der Waals surface area (Å²) in [6.07, 6.45) is 5.92. The van der Waals surface area contributed by atoms with Crippen LogP contribution in [0.5, 0.6) is 0 Å². The average Bonchev–Trinajstić information content (AvgIpc) is 2.37. The SMILES string of the molecule is CS(=O)(=O)N1CCCC(CO[C@H]2CCCNC2)C1. The zero-order valence-corrected chi connectivity index (χ0v) is 11.9. The first-order chi connectivity index (χ1) is 8.55. The lowest BCUT2D eigenvalue weighted by Crippen LogP contribution is -2.42. The molecular formula is C12H24N2O3S. The van der Waals surface area contributed by atoms with Crippen molar-refractivity contribution in [2.75, 3.05) is 39.0 Å². The Hall–Kier alpha value is -0.170. The highest BCUT2D eigenvalue weighted by Crippen LogP contribution is 2.20. The third-order valence-corrected chi connectivity index (χ3v) is 5.04. The van der Waals surface area contributed by atoms with Crippen LogP contribution < -0.4 is 5.32 Å². The van der Waals surface area contributed by atoms with Crippen LogP contribution in [0.25, 0.3) is 0 Å². The van der Waals surface area contributed by atoms with Crippen LogP contribution in [0.15, 0.2) is 0 Å². The summed E-state index contributed by atoms with van der Waals surface area (Å²) >= 11 is 0. The van der Waals surface area contributed by atoms with Gasteiger partial charge in [0.25, 0.3) is 0 Å². The number of nitrogens with zero attached hydrogens (tertiary/aromatic N) is 1. The second-order valence-electron chi connectivity index (χ2n) is 5.43. The molecular weight excluding hydrogens is 252 g/mol. The molecule has 2 fully saturated rings. The van der Waals surface area contributed by atoms with Crippen LogP contribution in [-0.2, 0) is 14.8 Å². The Morgan fingerprint density at radius 2 is 2.17 bits per heavy atom. The molecule has 1 N–H and O–H groups in total. The summed E-state index contributed by atoms with van der Waals surface area (Å²) in [6, 6.07) is 0. The van der Waals surface area contributed by atoms with Gasteiger partial charge in [0.05, 0.1) is 19.0 Å². The van der Waals surface area contributed by atoms with E-state index in [-0.39, 0.29) is 0 Å². The lowest BCUT2D eigenvalue weighted by molar-refractivity contribution is 0.00568. The van der Waals surface area contributed by atoms with E-state index >= 15 is 0 Å².